The van der Waals surface area contributed by atoms with Crippen molar-refractivity contribution in [3.63, 3.8) is 0 Å². The Bertz CT molecular complexity index is 528. The lowest BCUT2D eigenvalue weighted by atomic mass is 9.95. The Hall–Kier alpha value is -1.81. The number of ether oxygens (including phenoxy) is 1. The number of para-hydroxylation sites is 1. The van der Waals surface area contributed by atoms with Gasteiger partial charge in [0.05, 0.1) is 16.6 Å². The molecule has 1 aliphatic rings. The van der Waals surface area contributed by atoms with Crippen molar-refractivity contribution in [1.82, 2.24) is 0 Å². The van der Waals surface area contributed by atoms with Crippen molar-refractivity contribution in [1.29, 1.82) is 0 Å². The molecule has 1 atom stereocenters. The molecular formula is C15H16ClNO3. The minimum absolute atomic E-state index is 0.131. The summed E-state index contributed by atoms with van der Waals surface area (Å²) in [4.78, 5) is 23.5. The van der Waals surface area contributed by atoms with Gasteiger partial charge in [0.2, 0.25) is 0 Å². The summed E-state index contributed by atoms with van der Waals surface area (Å²) in [5.74, 6) is -0.838. The maximum Gasteiger partial charge on any atom is 0.309 e. The minimum atomic E-state index is -0.391. The molecule has 20 heavy (non-hydrogen) atoms. The summed E-state index contributed by atoms with van der Waals surface area (Å²) in [6, 6.07) is 6.90. The van der Waals surface area contributed by atoms with Gasteiger partial charge in [0.25, 0.3) is 5.91 Å². The molecule has 0 aliphatic heterocycles. The van der Waals surface area contributed by atoms with Crippen molar-refractivity contribution in [3.8, 4) is 0 Å². The maximum atomic E-state index is 11.8. The summed E-state index contributed by atoms with van der Waals surface area (Å²) in [7, 11) is 0. The van der Waals surface area contributed by atoms with Crippen LogP contribution in [0, 0.1) is 5.92 Å². The number of benzene rings is 1. The van der Waals surface area contributed by atoms with E-state index in [4.69, 9.17) is 16.3 Å². The Morgan fingerprint density at radius 1 is 1.30 bits per heavy atom. The second-order valence-electron chi connectivity index (χ2n) is 4.62. The van der Waals surface area contributed by atoms with Gasteiger partial charge in [-0.1, -0.05) is 35.9 Å². The lowest BCUT2D eigenvalue weighted by Crippen LogP contribution is -2.25. The van der Waals surface area contributed by atoms with Crippen LogP contribution >= 0.6 is 11.6 Å². The van der Waals surface area contributed by atoms with E-state index in [9.17, 15) is 9.59 Å². The smallest absolute Gasteiger partial charge is 0.309 e. The van der Waals surface area contributed by atoms with E-state index < -0.39 is 5.91 Å². The van der Waals surface area contributed by atoms with Crippen molar-refractivity contribution in [2.75, 3.05) is 11.9 Å². The van der Waals surface area contributed by atoms with Crippen molar-refractivity contribution in [3.05, 3.63) is 41.4 Å². The monoisotopic (exact) mass is 293 g/mol. The number of anilines is 1. The predicted molar refractivity (Wildman–Crippen MR) is 77.5 cm³/mol. The lowest BCUT2D eigenvalue weighted by molar-refractivity contribution is -0.151. The fourth-order valence-electron chi connectivity index (χ4n) is 2.01. The fraction of sp³-hybridized carbons (Fsp3) is 0.333. The van der Waals surface area contributed by atoms with Crippen molar-refractivity contribution < 1.29 is 14.3 Å². The average molecular weight is 294 g/mol. The maximum absolute atomic E-state index is 11.8. The van der Waals surface area contributed by atoms with Crippen LogP contribution < -0.4 is 5.32 Å². The molecule has 1 amide bonds. The van der Waals surface area contributed by atoms with Crippen molar-refractivity contribution >= 4 is 29.2 Å². The van der Waals surface area contributed by atoms with Crippen LogP contribution in [0.5, 0.6) is 0 Å². The number of hydrogen-bond donors (Lipinski definition) is 1. The first-order valence-corrected chi connectivity index (χ1v) is 6.90. The van der Waals surface area contributed by atoms with Gasteiger partial charge in [-0.25, -0.2) is 0 Å². The summed E-state index contributed by atoms with van der Waals surface area (Å²) in [6.45, 7) is -0.287. The SMILES string of the molecule is O=C(COC(=O)[C@@H]1CC=CCC1)Nc1ccccc1Cl. The summed E-state index contributed by atoms with van der Waals surface area (Å²) in [5.41, 5.74) is 0.510. The number of allylic oxidation sites excluding steroid dienone is 2. The number of amides is 1. The first kappa shape index (κ1) is 14.6. The highest BCUT2D eigenvalue weighted by molar-refractivity contribution is 6.33. The lowest BCUT2D eigenvalue weighted by Gasteiger charge is -2.16. The molecule has 0 bridgehead atoms. The van der Waals surface area contributed by atoms with Gasteiger partial charge in [0, 0.05) is 0 Å². The topological polar surface area (TPSA) is 55.4 Å². The van der Waals surface area contributed by atoms with Crippen LogP contribution in [0.4, 0.5) is 5.69 Å². The second kappa shape index (κ2) is 7.10. The molecule has 0 saturated carbocycles. The van der Waals surface area contributed by atoms with E-state index in [1.54, 1.807) is 24.3 Å². The molecule has 0 radical (unpaired) electrons. The van der Waals surface area contributed by atoms with E-state index in [2.05, 4.69) is 5.32 Å². The third-order valence-corrected chi connectivity index (χ3v) is 3.43. The number of halogens is 1. The van der Waals surface area contributed by atoms with E-state index in [0.717, 1.165) is 12.8 Å². The van der Waals surface area contributed by atoms with E-state index >= 15 is 0 Å². The summed E-state index contributed by atoms with van der Waals surface area (Å²) in [6.07, 6.45) is 6.37. The summed E-state index contributed by atoms with van der Waals surface area (Å²) >= 11 is 5.92. The molecule has 106 valence electrons. The molecule has 1 aromatic rings. The van der Waals surface area contributed by atoms with Gasteiger partial charge in [-0.15, -0.1) is 0 Å². The molecular weight excluding hydrogens is 278 g/mol. The normalized spacial score (nSPS) is 17.6. The highest BCUT2D eigenvalue weighted by Gasteiger charge is 2.21. The summed E-state index contributed by atoms with van der Waals surface area (Å²) in [5, 5.41) is 3.06. The number of esters is 1. The van der Waals surface area contributed by atoms with E-state index in [1.165, 1.54) is 0 Å². The van der Waals surface area contributed by atoms with Crippen LogP contribution in [0.25, 0.3) is 0 Å². The number of rotatable bonds is 4. The van der Waals surface area contributed by atoms with E-state index in [0.29, 0.717) is 17.1 Å². The third kappa shape index (κ3) is 4.10. The molecule has 0 heterocycles. The Morgan fingerprint density at radius 3 is 2.80 bits per heavy atom. The molecule has 5 heteroatoms. The van der Waals surface area contributed by atoms with Crippen LogP contribution in [0.1, 0.15) is 19.3 Å². The molecule has 0 aromatic heterocycles. The highest BCUT2D eigenvalue weighted by atomic mass is 35.5. The highest BCUT2D eigenvalue weighted by Crippen LogP contribution is 2.21. The largest absolute Gasteiger partial charge is 0.455 e. The van der Waals surface area contributed by atoms with E-state index in [1.807, 2.05) is 12.2 Å². The predicted octanol–water partition coefficient (Wildman–Crippen LogP) is 3.18. The second-order valence-corrected chi connectivity index (χ2v) is 5.02. The number of carbonyl (C=O) groups is 2. The first-order chi connectivity index (χ1) is 9.66. The Balaban J connectivity index is 1.79. The van der Waals surface area contributed by atoms with Crippen LogP contribution in [0.2, 0.25) is 5.02 Å². The van der Waals surface area contributed by atoms with Gasteiger partial charge in [0.15, 0.2) is 6.61 Å². The molecule has 2 rings (SSSR count). The minimum Gasteiger partial charge on any atom is -0.455 e. The molecule has 0 unspecified atom stereocenters. The zero-order chi connectivity index (χ0) is 14.4. The quantitative estimate of drug-likeness (QED) is 0.685. The van der Waals surface area contributed by atoms with Gasteiger partial charge in [-0.05, 0) is 31.4 Å². The number of carbonyl (C=O) groups excluding carboxylic acids is 2. The van der Waals surface area contributed by atoms with Gasteiger partial charge < -0.3 is 10.1 Å². The van der Waals surface area contributed by atoms with Gasteiger partial charge >= 0.3 is 5.97 Å². The molecule has 0 fully saturated rings. The Labute approximate surface area is 122 Å². The van der Waals surface area contributed by atoms with Crippen LogP contribution in [0.3, 0.4) is 0 Å². The average Bonchev–Trinajstić information content (AvgIpc) is 2.48. The molecule has 0 saturated heterocycles. The molecule has 1 aromatic carbocycles. The van der Waals surface area contributed by atoms with Gasteiger partial charge in [-0.3, -0.25) is 9.59 Å². The molecule has 1 aliphatic carbocycles. The zero-order valence-corrected chi connectivity index (χ0v) is 11.7. The first-order valence-electron chi connectivity index (χ1n) is 6.53. The van der Waals surface area contributed by atoms with Gasteiger partial charge in [0.1, 0.15) is 0 Å². The van der Waals surface area contributed by atoms with Gasteiger partial charge in [-0.2, -0.15) is 0 Å². The Morgan fingerprint density at radius 2 is 2.10 bits per heavy atom. The fourth-order valence-corrected chi connectivity index (χ4v) is 2.19. The molecule has 1 N–H and O–H groups in total. The van der Waals surface area contributed by atoms with Crippen molar-refractivity contribution in [2.24, 2.45) is 5.92 Å². The van der Waals surface area contributed by atoms with Crippen molar-refractivity contribution in [2.45, 2.75) is 19.3 Å². The Kier molecular flexibility index (Phi) is 5.18. The number of hydrogen-bond acceptors (Lipinski definition) is 3. The molecule has 4 nitrogen and oxygen atoms in total. The molecule has 0 spiro atoms. The van der Waals surface area contributed by atoms with E-state index in [-0.39, 0.29) is 18.5 Å². The van der Waals surface area contributed by atoms with Crippen LogP contribution in [-0.2, 0) is 14.3 Å². The third-order valence-electron chi connectivity index (χ3n) is 3.10. The summed E-state index contributed by atoms with van der Waals surface area (Å²) < 4.78 is 5.03. The van der Waals surface area contributed by atoms with Crippen LogP contribution in [0.15, 0.2) is 36.4 Å². The number of nitrogens with one attached hydrogen (secondary N) is 1. The standard InChI is InChI=1S/C15H16ClNO3/c16-12-8-4-5-9-13(12)17-14(18)10-20-15(19)11-6-2-1-3-7-11/h1-2,4-5,8-9,11H,3,6-7,10H2,(H,17,18)/t11-/m1/s1. The van der Waals surface area contributed by atoms with Crippen LogP contribution in [-0.4, -0.2) is 18.5 Å². The zero-order valence-electron chi connectivity index (χ0n) is 11.0.